The molecule has 2 aromatic rings. The molecular weight excluding hydrogens is 312 g/mol. The third-order valence-electron chi connectivity index (χ3n) is 4.19. The van der Waals surface area contributed by atoms with Crippen LogP contribution in [-0.2, 0) is 14.9 Å². The fraction of sp³-hybridized carbons (Fsp3) is 0.333. The van der Waals surface area contributed by atoms with Crippen LogP contribution >= 0.6 is 0 Å². The van der Waals surface area contributed by atoms with Gasteiger partial charge in [0.1, 0.15) is 0 Å². The lowest BCUT2D eigenvalue weighted by Crippen LogP contribution is -2.28. The second-order valence-corrected chi connectivity index (χ2v) is 6.78. The highest BCUT2D eigenvalue weighted by atomic mass is 16.5. The Kier molecular flexibility index (Phi) is 6.48. The molecule has 1 atom stereocenters. The number of nitrogens with zero attached hydrogens (tertiary/aromatic N) is 1. The molecule has 1 unspecified atom stereocenters. The summed E-state index contributed by atoms with van der Waals surface area (Å²) in [5.41, 5.74) is 5.49. The average molecular weight is 338 g/mol. The van der Waals surface area contributed by atoms with Crippen molar-refractivity contribution in [2.24, 2.45) is 5.10 Å². The number of carbonyl (C=O) groups excluding carboxylic acids is 1. The molecule has 0 aliphatic heterocycles. The maximum absolute atomic E-state index is 12.4. The molecule has 1 N–H and O–H groups in total. The molecule has 0 fully saturated rings. The van der Waals surface area contributed by atoms with E-state index in [1.54, 1.807) is 0 Å². The lowest BCUT2D eigenvalue weighted by molar-refractivity contribution is -0.131. The number of amides is 1. The molecule has 1 amide bonds. The van der Waals surface area contributed by atoms with Crippen LogP contribution in [0.3, 0.4) is 0 Å². The Labute approximate surface area is 149 Å². The molecule has 0 aliphatic carbocycles. The molecule has 0 bridgehead atoms. The molecule has 2 aromatic carbocycles. The van der Waals surface area contributed by atoms with Crippen LogP contribution in [0.25, 0.3) is 0 Å². The molecule has 132 valence electrons. The van der Waals surface area contributed by atoms with Crippen LogP contribution in [0.1, 0.15) is 44.4 Å². The quantitative estimate of drug-likeness (QED) is 0.606. The SMILES string of the molecule is COC(C(=O)NN=C(C)CC(C)(C)c1ccccc1)c1ccccc1. The summed E-state index contributed by atoms with van der Waals surface area (Å²) in [6.45, 7) is 6.27. The molecule has 4 heteroatoms. The maximum Gasteiger partial charge on any atom is 0.273 e. The molecule has 0 saturated carbocycles. The first kappa shape index (κ1) is 18.9. The van der Waals surface area contributed by atoms with Gasteiger partial charge in [0.25, 0.3) is 5.91 Å². The summed E-state index contributed by atoms with van der Waals surface area (Å²) in [5.74, 6) is -0.273. The van der Waals surface area contributed by atoms with Gasteiger partial charge in [0, 0.05) is 12.8 Å². The number of methoxy groups -OCH3 is 1. The summed E-state index contributed by atoms with van der Waals surface area (Å²) in [5, 5.41) is 4.27. The third-order valence-corrected chi connectivity index (χ3v) is 4.19. The van der Waals surface area contributed by atoms with Crippen molar-refractivity contribution < 1.29 is 9.53 Å². The molecule has 0 spiro atoms. The van der Waals surface area contributed by atoms with Crippen LogP contribution < -0.4 is 5.43 Å². The predicted molar refractivity (Wildman–Crippen MR) is 102 cm³/mol. The molecular formula is C21H26N2O2. The Morgan fingerprint density at radius 1 is 1.08 bits per heavy atom. The van der Waals surface area contributed by atoms with E-state index in [1.807, 2.05) is 55.5 Å². The Hall–Kier alpha value is -2.46. The fourth-order valence-corrected chi connectivity index (χ4v) is 2.90. The number of hydrazone groups is 1. The van der Waals surface area contributed by atoms with Gasteiger partial charge in [0.2, 0.25) is 0 Å². The van der Waals surface area contributed by atoms with Gasteiger partial charge < -0.3 is 4.74 Å². The van der Waals surface area contributed by atoms with E-state index in [2.05, 4.69) is 36.5 Å². The standard InChI is InChI=1S/C21H26N2O2/c1-16(15-21(2,3)18-13-9-6-10-14-18)22-23-20(24)19(25-4)17-11-7-5-8-12-17/h5-14,19H,15H2,1-4H3,(H,23,24). The van der Waals surface area contributed by atoms with Crippen molar-refractivity contribution in [2.45, 2.75) is 38.7 Å². The van der Waals surface area contributed by atoms with Crippen molar-refractivity contribution in [1.29, 1.82) is 0 Å². The molecule has 25 heavy (non-hydrogen) atoms. The van der Waals surface area contributed by atoms with Crippen LogP contribution in [-0.4, -0.2) is 18.7 Å². The zero-order valence-electron chi connectivity index (χ0n) is 15.3. The normalized spacial score (nSPS) is 13.4. The first-order valence-corrected chi connectivity index (χ1v) is 8.40. The van der Waals surface area contributed by atoms with Gasteiger partial charge in [-0.15, -0.1) is 0 Å². The number of benzene rings is 2. The van der Waals surface area contributed by atoms with Gasteiger partial charge in [0.05, 0.1) is 0 Å². The number of ether oxygens (including phenoxy) is 1. The average Bonchev–Trinajstić information content (AvgIpc) is 2.62. The Morgan fingerprint density at radius 3 is 2.20 bits per heavy atom. The van der Waals surface area contributed by atoms with Crippen LogP contribution in [0.4, 0.5) is 0 Å². The third kappa shape index (κ3) is 5.26. The van der Waals surface area contributed by atoms with Crippen molar-refractivity contribution in [1.82, 2.24) is 5.43 Å². The minimum atomic E-state index is -0.667. The Morgan fingerprint density at radius 2 is 1.64 bits per heavy atom. The van der Waals surface area contributed by atoms with Crippen LogP contribution in [0.15, 0.2) is 65.8 Å². The number of carbonyl (C=O) groups is 1. The van der Waals surface area contributed by atoms with Gasteiger partial charge in [-0.05, 0) is 29.9 Å². The minimum Gasteiger partial charge on any atom is -0.367 e. The molecule has 0 heterocycles. The Balaban J connectivity index is 2.01. The fourth-order valence-electron chi connectivity index (χ4n) is 2.90. The Bertz CT molecular complexity index is 709. The van der Waals surface area contributed by atoms with Gasteiger partial charge in [-0.1, -0.05) is 74.5 Å². The first-order chi connectivity index (χ1) is 11.9. The molecule has 2 rings (SSSR count). The minimum absolute atomic E-state index is 0.0559. The highest BCUT2D eigenvalue weighted by Gasteiger charge is 2.22. The molecule has 0 aromatic heterocycles. The number of hydrogen-bond acceptors (Lipinski definition) is 3. The number of rotatable bonds is 7. The summed E-state index contributed by atoms with van der Waals surface area (Å²) in [6.07, 6.45) is 0.0835. The summed E-state index contributed by atoms with van der Waals surface area (Å²) < 4.78 is 5.32. The van der Waals surface area contributed by atoms with Crippen molar-refractivity contribution in [3.05, 3.63) is 71.8 Å². The van der Waals surface area contributed by atoms with Gasteiger partial charge in [-0.3, -0.25) is 4.79 Å². The van der Waals surface area contributed by atoms with Gasteiger partial charge in [0.15, 0.2) is 6.10 Å². The van der Waals surface area contributed by atoms with E-state index in [0.717, 1.165) is 17.7 Å². The van der Waals surface area contributed by atoms with E-state index < -0.39 is 6.10 Å². The van der Waals surface area contributed by atoms with E-state index in [4.69, 9.17) is 4.74 Å². The topological polar surface area (TPSA) is 50.7 Å². The highest BCUT2D eigenvalue weighted by molar-refractivity contribution is 5.87. The van der Waals surface area contributed by atoms with E-state index in [1.165, 1.54) is 12.7 Å². The smallest absolute Gasteiger partial charge is 0.273 e. The molecule has 4 nitrogen and oxygen atoms in total. The first-order valence-electron chi connectivity index (χ1n) is 8.40. The maximum atomic E-state index is 12.4. The zero-order chi connectivity index (χ0) is 18.3. The zero-order valence-corrected chi connectivity index (χ0v) is 15.3. The molecule has 0 saturated heterocycles. The predicted octanol–water partition coefficient (Wildman–Crippen LogP) is 4.23. The number of hydrogen-bond donors (Lipinski definition) is 1. The second kappa shape index (κ2) is 8.58. The van der Waals surface area contributed by atoms with Crippen molar-refractivity contribution >= 4 is 11.6 Å². The lowest BCUT2D eigenvalue weighted by atomic mass is 9.80. The van der Waals surface area contributed by atoms with Gasteiger partial charge in [-0.25, -0.2) is 5.43 Å². The number of nitrogens with one attached hydrogen (secondary N) is 1. The highest BCUT2D eigenvalue weighted by Crippen LogP contribution is 2.27. The van der Waals surface area contributed by atoms with Crippen molar-refractivity contribution in [3.8, 4) is 0 Å². The molecule has 0 aliphatic rings. The van der Waals surface area contributed by atoms with Crippen LogP contribution in [0, 0.1) is 0 Å². The summed E-state index contributed by atoms with van der Waals surface area (Å²) in [7, 11) is 1.52. The van der Waals surface area contributed by atoms with Crippen molar-refractivity contribution in [3.63, 3.8) is 0 Å². The van der Waals surface area contributed by atoms with E-state index >= 15 is 0 Å². The van der Waals surface area contributed by atoms with E-state index in [0.29, 0.717) is 0 Å². The van der Waals surface area contributed by atoms with Crippen LogP contribution in [0.2, 0.25) is 0 Å². The summed E-state index contributed by atoms with van der Waals surface area (Å²) in [6, 6.07) is 19.7. The largest absolute Gasteiger partial charge is 0.367 e. The van der Waals surface area contributed by atoms with Gasteiger partial charge >= 0.3 is 0 Å². The van der Waals surface area contributed by atoms with Crippen LogP contribution in [0.5, 0.6) is 0 Å². The van der Waals surface area contributed by atoms with E-state index in [-0.39, 0.29) is 11.3 Å². The summed E-state index contributed by atoms with van der Waals surface area (Å²) in [4.78, 5) is 12.4. The van der Waals surface area contributed by atoms with E-state index in [9.17, 15) is 4.79 Å². The summed E-state index contributed by atoms with van der Waals surface area (Å²) >= 11 is 0. The van der Waals surface area contributed by atoms with Crippen molar-refractivity contribution in [2.75, 3.05) is 7.11 Å². The second-order valence-electron chi connectivity index (χ2n) is 6.78. The molecule has 0 radical (unpaired) electrons. The monoisotopic (exact) mass is 338 g/mol. The lowest BCUT2D eigenvalue weighted by Gasteiger charge is -2.25. The van der Waals surface area contributed by atoms with Gasteiger partial charge in [-0.2, -0.15) is 5.10 Å².